The molecule has 0 amide bonds. The molecule has 0 saturated heterocycles. The smallest absolute Gasteiger partial charge is 0.227 e. The molecule has 0 radical (unpaired) electrons. The lowest BCUT2D eigenvalue weighted by molar-refractivity contribution is 0.620. The van der Waals surface area contributed by atoms with Crippen molar-refractivity contribution in [1.82, 2.24) is 4.98 Å². The van der Waals surface area contributed by atoms with Crippen LogP contribution in [0.2, 0.25) is 0 Å². The van der Waals surface area contributed by atoms with E-state index >= 15 is 0 Å². The fourth-order valence-corrected chi connectivity index (χ4v) is 9.09. The predicted octanol–water partition coefficient (Wildman–Crippen LogP) is 15.0. The minimum absolute atomic E-state index is 0.609. The highest BCUT2D eigenvalue weighted by atomic mass is 32.1. The summed E-state index contributed by atoms with van der Waals surface area (Å²) < 4.78 is 8.85. The van der Waals surface area contributed by atoms with Gasteiger partial charge in [0.1, 0.15) is 5.52 Å². The Morgan fingerprint density at radius 3 is 1.73 bits per heavy atom. The lowest BCUT2D eigenvalue weighted by Gasteiger charge is -2.27. The van der Waals surface area contributed by atoms with Crippen LogP contribution in [0.3, 0.4) is 0 Å². The molecule has 4 heteroatoms. The number of fused-ring (bicyclic) bond motifs is 6. The molecule has 2 aromatic heterocycles. The van der Waals surface area contributed by atoms with Crippen molar-refractivity contribution in [2.75, 3.05) is 4.90 Å². The van der Waals surface area contributed by atoms with Gasteiger partial charge in [0, 0.05) is 37.1 Å². The van der Waals surface area contributed by atoms with Gasteiger partial charge in [-0.15, -0.1) is 11.3 Å². The molecule has 55 heavy (non-hydrogen) atoms. The quantitative estimate of drug-likeness (QED) is 0.171. The molecule has 0 aliphatic rings. The highest BCUT2D eigenvalue weighted by molar-refractivity contribution is 7.26. The van der Waals surface area contributed by atoms with Crippen LogP contribution in [0.25, 0.3) is 86.5 Å². The molecule has 11 aromatic rings. The van der Waals surface area contributed by atoms with Crippen LogP contribution in [-0.2, 0) is 0 Å². The van der Waals surface area contributed by atoms with Crippen molar-refractivity contribution in [2.45, 2.75) is 0 Å². The molecular formula is C51H32N2OS. The summed E-state index contributed by atoms with van der Waals surface area (Å²) in [7, 11) is 0. The third-order valence-electron chi connectivity index (χ3n) is 10.6. The molecule has 0 saturated carbocycles. The summed E-state index contributed by atoms with van der Waals surface area (Å²) in [4.78, 5) is 7.36. The van der Waals surface area contributed by atoms with Crippen molar-refractivity contribution in [3.63, 3.8) is 0 Å². The van der Waals surface area contributed by atoms with Gasteiger partial charge in [0.05, 0.1) is 5.69 Å². The van der Waals surface area contributed by atoms with E-state index < -0.39 is 0 Å². The zero-order chi connectivity index (χ0) is 36.3. The molecule has 0 aliphatic heterocycles. The van der Waals surface area contributed by atoms with E-state index in [9.17, 15) is 0 Å². The van der Waals surface area contributed by atoms with E-state index in [0.29, 0.717) is 5.89 Å². The normalized spacial score (nSPS) is 11.6. The summed E-state index contributed by atoms with van der Waals surface area (Å²) in [6, 6.07) is 69.5. The van der Waals surface area contributed by atoms with Crippen molar-refractivity contribution in [3.05, 3.63) is 194 Å². The minimum atomic E-state index is 0.609. The minimum Gasteiger partial charge on any atom is -0.436 e. The van der Waals surface area contributed by atoms with E-state index in [-0.39, 0.29) is 0 Å². The number of nitrogens with zero attached hydrogens (tertiary/aromatic N) is 2. The largest absolute Gasteiger partial charge is 0.436 e. The summed E-state index contributed by atoms with van der Waals surface area (Å²) in [5.41, 5.74) is 10.5. The topological polar surface area (TPSA) is 29.3 Å². The maximum Gasteiger partial charge on any atom is 0.227 e. The molecule has 0 bridgehead atoms. The summed E-state index contributed by atoms with van der Waals surface area (Å²) in [6.07, 6.45) is 0. The maximum atomic E-state index is 6.42. The van der Waals surface area contributed by atoms with E-state index in [1.807, 2.05) is 35.6 Å². The Morgan fingerprint density at radius 1 is 0.418 bits per heavy atom. The van der Waals surface area contributed by atoms with Crippen molar-refractivity contribution >= 4 is 81.2 Å². The Morgan fingerprint density at radius 2 is 1.00 bits per heavy atom. The second-order valence-corrected chi connectivity index (χ2v) is 15.1. The zero-order valence-corrected chi connectivity index (χ0v) is 30.5. The van der Waals surface area contributed by atoms with Crippen LogP contribution in [0.5, 0.6) is 0 Å². The average Bonchev–Trinajstić information content (AvgIpc) is 3.85. The lowest BCUT2D eigenvalue weighted by Crippen LogP contribution is -2.10. The highest BCUT2D eigenvalue weighted by Gasteiger charge is 2.22. The van der Waals surface area contributed by atoms with Crippen LogP contribution in [0.4, 0.5) is 17.1 Å². The van der Waals surface area contributed by atoms with Gasteiger partial charge in [-0.1, -0.05) is 127 Å². The fourth-order valence-electron chi connectivity index (χ4n) is 7.90. The van der Waals surface area contributed by atoms with Gasteiger partial charge in [0.25, 0.3) is 0 Å². The molecule has 0 fully saturated rings. The Kier molecular flexibility index (Phi) is 7.35. The number of rotatable bonds is 6. The van der Waals surface area contributed by atoms with Crippen LogP contribution in [0, 0.1) is 0 Å². The molecule has 9 aromatic carbocycles. The van der Waals surface area contributed by atoms with Crippen molar-refractivity contribution < 1.29 is 4.42 Å². The number of thiophene rings is 1. The molecule has 0 aliphatic carbocycles. The monoisotopic (exact) mass is 720 g/mol. The van der Waals surface area contributed by atoms with E-state index in [0.717, 1.165) is 33.7 Å². The summed E-state index contributed by atoms with van der Waals surface area (Å²) in [6.45, 7) is 0. The van der Waals surface area contributed by atoms with Gasteiger partial charge >= 0.3 is 0 Å². The van der Waals surface area contributed by atoms with Crippen molar-refractivity contribution in [1.29, 1.82) is 0 Å². The Balaban J connectivity index is 1.15. The van der Waals surface area contributed by atoms with Crippen molar-refractivity contribution in [3.8, 4) is 33.7 Å². The second-order valence-electron chi connectivity index (χ2n) is 14.0. The molecule has 0 unspecified atom stereocenters. The standard InChI is InChI=1S/C51H32N2OS/c1-2-10-33(11-3-1)35-20-24-42(25-21-35)53(43-26-22-36(23-27-43)40-19-18-34-12-4-5-13-37(34)28-40)46-30-41(51-52-45-16-8-9-17-47(45)54-51)32-49-50(46)44-29-38-14-6-7-15-39(38)31-48(44)55-49/h1-32H. The summed E-state index contributed by atoms with van der Waals surface area (Å²) in [5.74, 6) is 0.609. The first-order valence-electron chi connectivity index (χ1n) is 18.5. The third-order valence-corrected chi connectivity index (χ3v) is 11.7. The molecular weight excluding hydrogens is 689 g/mol. The molecule has 2 heterocycles. The van der Waals surface area contributed by atoms with E-state index in [1.165, 1.54) is 64.0 Å². The first kappa shape index (κ1) is 31.5. The Bertz CT molecular complexity index is 3160. The van der Waals surface area contributed by atoms with Gasteiger partial charge in [-0.25, -0.2) is 4.98 Å². The molecule has 0 spiro atoms. The average molecular weight is 721 g/mol. The Hall–Kier alpha value is -7.01. The molecule has 258 valence electrons. The fraction of sp³-hybridized carbons (Fsp3) is 0. The van der Waals surface area contributed by atoms with E-state index in [2.05, 4.69) is 175 Å². The van der Waals surface area contributed by atoms with Gasteiger partial charge in [0.15, 0.2) is 5.58 Å². The molecule has 3 nitrogen and oxygen atoms in total. The van der Waals surface area contributed by atoms with E-state index in [4.69, 9.17) is 9.40 Å². The SMILES string of the molecule is c1ccc(-c2ccc(N(c3ccc(-c4ccc5ccccc5c4)cc3)c3cc(-c4nc5ccccc5o4)cc4sc5cc6ccccc6cc5c34)cc2)cc1. The first-order chi connectivity index (χ1) is 27.2. The van der Waals surface area contributed by atoms with Gasteiger partial charge < -0.3 is 9.32 Å². The summed E-state index contributed by atoms with van der Waals surface area (Å²) >= 11 is 1.82. The number of oxazole rings is 1. The van der Waals surface area contributed by atoms with Gasteiger partial charge in [-0.2, -0.15) is 0 Å². The first-order valence-corrected chi connectivity index (χ1v) is 19.3. The molecule has 11 rings (SSSR count). The van der Waals surface area contributed by atoms with Crippen molar-refractivity contribution in [2.24, 2.45) is 0 Å². The second kappa shape index (κ2) is 12.8. The number of benzene rings is 9. The van der Waals surface area contributed by atoms with Crippen LogP contribution in [0.1, 0.15) is 0 Å². The number of hydrogen-bond acceptors (Lipinski definition) is 4. The Labute approximate surface area is 322 Å². The predicted molar refractivity (Wildman–Crippen MR) is 233 cm³/mol. The van der Waals surface area contributed by atoms with Crippen LogP contribution < -0.4 is 4.90 Å². The van der Waals surface area contributed by atoms with Gasteiger partial charge in [0.2, 0.25) is 5.89 Å². The summed E-state index contributed by atoms with van der Waals surface area (Å²) in [5, 5.41) is 7.38. The third kappa shape index (κ3) is 5.54. The zero-order valence-electron chi connectivity index (χ0n) is 29.7. The maximum absolute atomic E-state index is 6.42. The molecule has 0 N–H and O–H groups in total. The number of hydrogen-bond donors (Lipinski definition) is 0. The van der Waals surface area contributed by atoms with E-state index in [1.54, 1.807) is 0 Å². The van der Waals surface area contributed by atoms with Gasteiger partial charge in [-0.05, 0) is 111 Å². The molecule has 0 atom stereocenters. The highest BCUT2D eigenvalue weighted by Crippen LogP contribution is 2.48. The van der Waals surface area contributed by atoms with Crippen LogP contribution in [-0.4, -0.2) is 4.98 Å². The number of aromatic nitrogens is 1. The number of para-hydroxylation sites is 2. The van der Waals surface area contributed by atoms with Gasteiger partial charge in [-0.3, -0.25) is 0 Å². The lowest BCUT2D eigenvalue weighted by atomic mass is 10.00. The van der Waals surface area contributed by atoms with Crippen LogP contribution in [0.15, 0.2) is 199 Å². The number of anilines is 3. The van der Waals surface area contributed by atoms with Crippen LogP contribution >= 0.6 is 11.3 Å².